The number of aromatic nitrogens is 1. The van der Waals surface area contributed by atoms with Gasteiger partial charge in [0.1, 0.15) is 17.3 Å². The lowest BCUT2D eigenvalue weighted by Gasteiger charge is -2.23. The summed E-state index contributed by atoms with van der Waals surface area (Å²) in [7, 11) is 1.55. The summed E-state index contributed by atoms with van der Waals surface area (Å²) in [4.78, 5) is 32.7. The molecule has 1 N–H and O–H groups in total. The summed E-state index contributed by atoms with van der Waals surface area (Å²) in [6.07, 6.45) is 0. The monoisotopic (exact) mass is 486 g/mol. The third-order valence-corrected chi connectivity index (χ3v) is 6.78. The van der Waals surface area contributed by atoms with Crippen LogP contribution in [0.3, 0.4) is 0 Å². The quantitative estimate of drug-likeness (QED) is 0.225. The van der Waals surface area contributed by atoms with E-state index in [9.17, 15) is 14.7 Å². The van der Waals surface area contributed by atoms with E-state index in [1.54, 1.807) is 55.6 Å². The first kappa shape index (κ1) is 22.6. The van der Waals surface area contributed by atoms with Crippen LogP contribution >= 0.6 is 11.3 Å². The number of Topliss-reactive ketones (excluding diaryl/α,β-unsaturated/α-hetero) is 1. The maximum atomic E-state index is 13.4. The molecule has 1 atom stereocenters. The number of nitrogens with zero attached hydrogens (tertiary/aromatic N) is 2. The Bertz CT molecular complexity index is 1460. The number of hydrogen-bond acceptors (Lipinski definition) is 7. The van der Waals surface area contributed by atoms with Crippen molar-refractivity contribution in [1.29, 1.82) is 0 Å². The molecule has 0 unspecified atom stereocenters. The van der Waals surface area contributed by atoms with Gasteiger partial charge in [-0.2, -0.15) is 0 Å². The molecule has 1 aliphatic heterocycles. The fourth-order valence-corrected chi connectivity index (χ4v) is 5.18. The molecule has 1 fully saturated rings. The first-order chi connectivity index (χ1) is 17.0. The minimum atomic E-state index is -0.878. The average molecular weight is 487 g/mol. The molecule has 3 aromatic carbocycles. The van der Waals surface area contributed by atoms with Crippen molar-refractivity contribution in [3.8, 4) is 11.5 Å². The van der Waals surface area contributed by atoms with Gasteiger partial charge in [-0.15, -0.1) is 0 Å². The zero-order valence-electron chi connectivity index (χ0n) is 19.1. The number of carbonyl (C=O) groups is 2. The Kier molecular flexibility index (Phi) is 5.96. The van der Waals surface area contributed by atoms with Crippen LogP contribution < -0.4 is 14.4 Å². The molecule has 35 heavy (non-hydrogen) atoms. The third-order valence-electron chi connectivity index (χ3n) is 5.77. The normalized spacial score (nSPS) is 17.2. The molecule has 176 valence electrons. The minimum absolute atomic E-state index is 0.00344. The lowest BCUT2D eigenvalue weighted by molar-refractivity contribution is -0.132. The van der Waals surface area contributed by atoms with Gasteiger partial charge in [-0.25, -0.2) is 4.98 Å². The van der Waals surface area contributed by atoms with Crippen LogP contribution in [0.15, 0.2) is 78.4 Å². The Balaban J connectivity index is 1.70. The average Bonchev–Trinajstić information content (AvgIpc) is 3.42. The molecule has 0 bridgehead atoms. The van der Waals surface area contributed by atoms with Gasteiger partial charge >= 0.3 is 5.91 Å². The summed E-state index contributed by atoms with van der Waals surface area (Å²) in [6.45, 7) is 2.43. The van der Waals surface area contributed by atoms with E-state index in [0.717, 1.165) is 4.70 Å². The van der Waals surface area contributed by atoms with Gasteiger partial charge in [-0.1, -0.05) is 53.8 Å². The lowest BCUT2D eigenvalue weighted by Crippen LogP contribution is -2.29. The van der Waals surface area contributed by atoms with Crippen molar-refractivity contribution >= 4 is 44.1 Å². The minimum Gasteiger partial charge on any atom is -0.507 e. The van der Waals surface area contributed by atoms with E-state index in [2.05, 4.69) is 4.98 Å². The van der Waals surface area contributed by atoms with E-state index < -0.39 is 17.7 Å². The summed E-state index contributed by atoms with van der Waals surface area (Å²) >= 11 is 1.28. The van der Waals surface area contributed by atoms with Gasteiger partial charge in [0.05, 0.1) is 35.5 Å². The standard InChI is InChI=1S/C27H22N2O5S/c1-3-34-19-12-13-20-21(15-19)35-27(28-20)29-23(17-10-7-11-18(14-17)33-2)22(25(31)26(29)32)24(30)16-8-5-4-6-9-16/h4-15,23,30H,3H2,1-2H3/t23-/m1/s1. The molecule has 2 heterocycles. The second-order valence-corrected chi connectivity index (χ2v) is 8.88. The summed E-state index contributed by atoms with van der Waals surface area (Å²) in [6, 6.07) is 20.4. The Hall–Kier alpha value is -4.17. The number of aliphatic hydroxyl groups excluding tert-OH is 1. The number of aliphatic hydroxyl groups is 1. The summed E-state index contributed by atoms with van der Waals surface area (Å²) in [5.41, 5.74) is 1.76. The molecule has 8 heteroatoms. The molecule has 7 nitrogen and oxygen atoms in total. The molecule has 1 aromatic heterocycles. The Morgan fingerprint density at radius 1 is 1.03 bits per heavy atom. The molecule has 1 aliphatic rings. The van der Waals surface area contributed by atoms with E-state index in [1.165, 1.54) is 16.2 Å². The van der Waals surface area contributed by atoms with Crippen LogP contribution in [0, 0.1) is 0 Å². The zero-order chi connectivity index (χ0) is 24.5. The molecule has 0 spiro atoms. The molecule has 0 aliphatic carbocycles. The Labute approximate surface area is 205 Å². The molecule has 5 rings (SSSR count). The Morgan fingerprint density at radius 3 is 2.57 bits per heavy atom. The van der Waals surface area contributed by atoms with Crippen molar-refractivity contribution in [2.75, 3.05) is 18.6 Å². The highest BCUT2D eigenvalue weighted by molar-refractivity contribution is 7.22. The van der Waals surface area contributed by atoms with Gasteiger partial charge in [0.15, 0.2) is 5.13 Å². The molecule has 1 saturated heterocycles. The highest BCUT2D eigenvalue weighted by Gasteiger charge is 2.48. The fraction of sp³-hybridized carbons (Fsp3) is 0.148. The topological polar surface area (TPSA) is 89.0 Å². The molecular weight excluding hydrogens is 464 g/mol. The number of anilines is 1. The van der Waals surface area contributed by atoms with Crippen LogP contribution in [0.25, 0.3) is 16.0 Å². The molecule has 4 aromatic rings. The van der Waals surface area contributed by atoms with Crippen molar-refractivity contribution in [3.05, 3.63) is 89.5 Å². The summed E-state index contributed by atoms with van der Waals surface area (Å²) in [5.74, 6) is -0.490. The van der Waals surface area contributed by atoms with Crippen LogP contribution in [0.2, 0.25) is 0 Å². The number of ketones is 1. The van der Waals surface area contributed by atoms with Crippen molar-refractivity contribution in [2.45, 2.75) is 13.0 Å². The maximum Gasteiger partial charge on any atom is 0.301 e. The maximum absolute atomic E-state index is 13.4. The number of ether oxygens (including phenoxy) is 2. The van der Waals surface area contributed by atoms with Gasteiger partial charge in [-0.05, 0) is 42.8 Å². The number of carbonyl (C=O) groups excluding carboxylic acids is 2. The van der Waals surface area contributed by atoms with Gasteiger partial charge in [0.2, 0.25) is 0 Å². The van der Waals surface area contributed by atoms with Gasteiger partial charge in [0, 0.05) is 5.56 Å². The van der Waals surface area contributed by atoms with Crippen molar-refractivity contribution in [1.82, 2.24) is 4.98 Å². The van der Waals surface area contributed by atoms with E-state index >= 15 is 0 Å². The summed E-state index contributed by atoms with van der Waals surface area (Å²) < 4.78 is 11.8. The predicted molar refractivity (Wildman–Crippen MR) is 135 cm³/mol. The van der Waals surface area contributed by atoms with E-state index in [1.807, 2.05) is 31.2 Å². The molecular formula is C27H22N2O5S. The van der Waals surface area contributed by atoms with Crippen molar-refractivity contribution in [2.24, 2.45) is 0 Å². The van der Waals surface area contributed by atoms with Gasteiger partial charge < -0.3 is 14.6 Å². The first-order valence-corrected chi connectivity index (χ1v) is 11.9. The molecule has 0 saturated carbocycles. The number of amides is 1. The van der Waals surface area contributed by atoms with Gasteiger partial charge in [-0.3, -0.25) is 14.5 Å². The number of benzene rings is 3. The van der Waals surface area contributed by atoms with E-state index in [4.69, 9.17) is 9.47 Å². The largest absolute Gasteiger partial charge is 0.507 e. The van der Waals surface area contributed by atoms with Crippen LogP contribution in [-0.2, 0) is 9.59 Å². The number of methoxy groups -OCH3 is 1. The SMILES string of the molecule is CCOc1ccc2nc(N3C(=O)C(=O)C(=C(O)c4ccccc4)[C@H]3c3cccc(OC)c3)sc2c1. The number of fused-ring (bicyclic) bond motifs is 1. The lowest BCUT2D eigenvalue weighted by atomic mass is 9.95. The number of rotatable bonds is 6. The second kappa shape index (κ2) is 9.23. The molecule has 0 radical (unpaired) electrons. The highest BCUT2D eigenvalue weighted by atomic mass is 32.1. The van der Waals surface area contributed by atoms with Crippen LogP contribution in [0.1, 0.15) is 24.1 Å². The third kappa shape index (κ3) is 4.02. The Morgan fingerprint density at radius 2 is 1.83 bits per heavy atom. The highest BCUT2D eigenvalue weighted by Crippen LogP contribution is 2.45. The van der Waals surface area contributed by atoms with E-state index in [-0.39, 0.29) is 11.3 Å². The molecule has 1 amide bonds. The predicted octanol–water partition coefficient (Wildman–Crippen LogP) is 5.33. The van der Waals surface area contributed by atoms with E-state index in [0.29, 0.717) is 39.9 Å². The zero-order valence-corrected chi connectivity index (χ0v) is 19.9. The van der Waals surface area contributed by atoms with Crippen LogP contribution in [-0.4, -0.2) is 35.5 Å². The van der Waals surface area contributed by atoms with Crippen LogP contribution in [0.5, 0.6) is 11.5 Å². The number of thiazole rings is 1. The first-order valence-electron chi connectivity index (χ1n) is 11.1. The fourth-order valence-electron chi connectivity index (χ4n) is 4.16. The van der Waals surface area contributed by atoms with Crippen molar-refractivity contribution < 1.29 is 24.2 Å². The second-order valence-electron chi connectivity index (χ2n) is 7.87. The number of hydrogen-bond donors (Lipinski definition) is 1. The van der Waals surface area contributed by atoms with Crippen LogP contribution in [0.4, 0.5) is 5.13 Å². The van der Waals surface area contributed by atoms with Gasteiger partial charge in [0.25, 0.3) is 5.78 Å². The van der Waals surface area contributed by atoms with Crippen molar-refractivity contribution in [3.63, 3.8) is 0 Å². The summed E-state index contributed by atoms with van der Waals surface area (Å²) in [5, 5.41) is 11.5. The smallest absolute Gasteiger partial charge is 0.301 e.